The predicted molar refractivity (Wildman–Crippen MR) is 105 cm³/mol. The molecule has 9 heteroatoms. The van der Waals surface area contributed by atoms with Gasteiger partial charge in [-0.1, -0.05) is 19.0 Å². The predicted octanol–water partition coefficient (Wildman–Crippen LogP) is 3.62. The number of amides is 1. The SMILES string of the molecule is COc1cc(C(=O)O)cc(NC(=O)c2cc(C(C)C)nc3onc(C)c23)c1OC. The molecule has 0 spiro atoms. The number of hydrogen-bond acceptors (Lipinski definition) is 7. The van der Waals surface area contributed by atoms with E-state index in [1.54, 1.807) is 13.0 Å². The number of fused-ring (bicyclic) bond motifs is 1. The standard InChI is InChI=1S/C20H21N3O6/c1-9(2)13-8-12(16-10(3)23-29-19(16)22-13)18(24)21-14-6-11(20(25)26)7-15(27-4)17(14)28-5/h6-9H,1-5H3,(H,21,24)(H,25,26). The second kappa shape index (κ2) is 7.78. The summed E-state index contributed by atoms with van der Waals surface area (Å²) in [5.74, 6) is -1.19. The normalized spacial score (nSPS) is 11.0. The number of ether oxygens (including phenoxy) is 2. The first-order chi connectivity index (χ1) is 13.8. The van der Waals surface area contributed by atoms with Crippen molar-refractivity contribution in [3.63, 3.8) is 0 Å². The number of hydrogen-bond donors (Lipinski definition) is 2. The number of nitrogens with zero attached hydrogens (tertiary/aromatic N) is 2. The van der Waals surface area contributed by atoms with E-state index in [0.29, 0.717) is 22.3 Å². The first kappa shape index (κ1) is 20.1. The second-order valence-electron chi connectivity index (χ2n) is 6.72. The van der Waals surface area contributed by atoms with Crippen LogP contribution in [-0.2, 0) is 0 Å². The van der Waals surface area contributed by atoms with Gasteiger partial charge in [-0.05, 0) is 31.0 Å². The van der Waals surface area contributed by atoms with Gasteiger partial charge in [0.05, 0.1) is 42.1 Å². The summed E-state index contributed by atoms with van der Waals surface area (Å²) in [5.41, 5.74) is 1.89. The third-order valence-corrected chi connectivity index (χ3v) is 4.45. The smallest absolute Gasteiger partial charge is 0.335 e. The summed E-state index contributed by atoms with van der Waals surface area (Å²) >= 11 is 0. The van der Waals surface area contributed by atoms with Gasteiger partial charge < -0.3 is 24.4 Å². The molecule has 3 aromatic rings. The molecule has 0 saturated heterocycles. The van der Waals surface area contributed by atoms with Crippen LogP contribution in [0.3, 0.4) is 0 Å². The van der Waals surface area contributed by atoms with Crippen molar-refractivity contribution < 1.29 is 28.7 Å². The van der Waals surface area contributed by atoms with E-state index in [2.05, 4.69) is 15.5 Å². The van der Waals surface area contributed by atoms with Gasteiger partial charge in [-0.15, -0.1) is 0 Å². The van der Waals surface area contributed by atoms with E-state index in [9.17, 15) is 14.7 Å². The zero-order valence-electron chi connectivity index (χ0n) is 16.7. The van der Waals surface area contributed by atoms with Crippen LogP contribution in [0.4, 0.5) is 5.69 Å². The van der Waals surface area contributed by atoms with E-state index in [-0.39, 0.29) is 34.4 Å². The molecule has 0 unspecified atom stereocenters. The van der Waals surface area contributed by atoms with Crippen molar-refractivity contribution in [2.24, 2.45) is 0 Å². The average molecular weight is 399 g/mol. The lowest BCUT2D eigenvalue weighted by Gasteiger charge is -2.15. The maximum absolute atomic E-state index is 13.1. The van der Waals surface area contributed by atoms with Crippen LogP contribution in [0, 0.1) is 6.92 Å². The number of carboxylic acids is 1. The fourth-order valence-corrected chi connectivity index (χ4v) is 2.96. The van der Waals surface area contributed by atoms with Crippen LogP contribution in [0.1, 0.15) is 51.9 Å². The first-order valence-corrected chi connectivity index (χ1v) is 8.84. The molecule has 0 atom stereocenters. The first-order valence-electron chi connectivity index (χ1n) is 8.84. The molecule has 0 bridgehead atoms. The van der Waals surface area contributed by atoms with Crippen molar-refractivity contribution in [1.29, 1.82) is 0 Å². The van der Waals surface area contributed by atoms with Crippen LogP contribution in [0.15, 0.2) is 22.7 Å². The Morgan fingerprint density at radius 2 is 1.90 bits per heavy atom. The molecule has 9 nitrogen and oxygen atoms in total. The third-order valence-electron chi connectivity index (χ3n) is 4.45. The zero-order valence-corrected chi connectivity index (χ0v) is 16.7. The number of aromatic carboxylic acids is 1. The number of benzene rings is 1. The maximum Gasteiger partial charge on any atom is 0.335 e. The molecule has 0 aliphatic heterocycles. The highest BCUT2D eigenvalue weighted by atomic mass is 16.5. The van der Waals surface area contributed by atoms with E-state index in [1.807, 2.05) is 13.8 Å². The number of anilines is 1. The Kier molecular flexibility index (Phi) is 5.40. The van der Waals surface area contributed by atoms with E-state index in [4.69, 9.17) is 14.0 Å². The Morgan fingerprint density at radius 1 is 1.17 bits per heavy atom. The molecule has 0 fully saturated rings. The van der Waals surface area contributed by atoms with Crippen LogP contribution in [0.5, 0.6) is 11.5 Å². The summed E-state index contributed by atoms with van der Waals surface area (Å²) in [7, 11) is 2.79. The summed E-state index contributed by atoms with van der Waals surface area (Å²) < 4.78 is 15.8. The molecule has 2 N–H and O–H groups in total. The van der Waals surface area contributed by atoms with Gasteiger partial charge in [0, 0.05) is 5.69 Å². The van der Waals surface area contributed by atoms with Gasteiger partial charge in [0.2, 0.25) is 0 Å². The fourth-order valence-electron chi connectivity index (χ4n) is 2.96. The minimum Gasteiger partial charge on any atom is -0.493 e. The number of aromatic nitrogens is 2. The molecule has 1 aromatic carbocycles. The number of carboxylic acid groups (broad SMARTS) is 1. The summed E-state index contributed by atoms with van der Waals surface area (Å²) in [4.78, 5) is 29.0. The van der Waals surface area contributed by atoms with Gasteiger partial charge in [0.1, 0.15) is 0 Å². The van der Waals surface area contributed by atoms with Crippen molar-refractivity contribution in [2.45, 2.75) is 26.7 Å². The Hall–Kier alpha value is -3.62. The van der Waals surface area contributed by atoms with Gasteiger partial charge in [-0.3, -0.25) is 4.79 Å². The molecular weight excluding hydrogens is 378 g/mol. The van der Waals surface area contributed by atoms with Crippen LogP contribution < -0.4 is 14.8 Å². The molecular formula is C20H21N3O6. The van der Waals surface area contributed by atoms with Crippen LogP contribution in [0.2, 0.25) is 0 Å². The quantitative estimate of drug-likeness (QED) is 0.644. The molecule has 29 heavy (non-hydrogen) atoms. The summed E-state index contributed by atoms with van der Waals surface area (Å²) in [6, 6.07) is 4.31. The van der Waals surface area contributed by atoms with Gasteiger partial charge >= 0.3 is 5.97 Å². The van der Waals surface area contributed by atoms with Crippen molar-refractivity contribution >= 4 is 28.7 Å². The number of methoxy groups -OCH3 is 2. The molecule has 2 heterocycles. The molecule has 0 aliphatic carbocycles. The molecule has 2 aromatic heterocycles. The highest BCUT2D eigenvalue weighted by molar-refractivity contribution is 6.13. The number of aryl methyl sites for hydroxylation is 1. The van der Waals surface area contributed by atoms with Gasteiger partial charge in [0.15, 0.2) is 11.5 Å². The van der Waals surface area contributed by atoms with E-state index >= 15 is 0 Å². The summed E-state index contributed by atoms with van der Waals surface area (Å²) in [5, 5.41) is 16.5. The van der Waals surface area contributed by atoms with Gasteiger partial charge in [0.25, 0.3) is 11.6 Å². The molecule has 0 aliphatic rings. The third kappa shape index (κ3) is 3.71. The van der Waals surface area contributed by atoms with E-state index in [1.165, 1.54) is 26.4 Å². The Bertz CT molecular complexity index is 1100. The maximum atomic E-state index is 13.1. The molecule has 3 rings (SSSR count). The van der Waals surface area contributed by atoms with Gasteiger partial charge in [-0.2, -0.15) is 0 Å². The molecule has 1 amide bonds. The fraction of sp³-hybridized carbons (Fsp3) is 0.300. The zero-order chi connectivity index (χ0) is 21.3. The average Bonchev–Trinajstić information content (AvgIpc) is 3.07. The van der Waals surface area contributed by atoms with Gasteiger partial charge in [-0.25, -0.2) is 9.78 Å². The lowest BCUT2D eigenvalue weighted by atomic mass is 10.0. The Balaban J connectivity index is 2.13. The summed E-state index contributed by atoms with van der Waals surface area (Å²) in [6.07, 6.45) is 0. The highest BCUT2D eigenvalue weighted by Crippen LogP contribution is 2.37. The lowest BCUT2D eigenvalue weighted by molar-refractivity contribution is 0.0696. The van der Waals surface area contributed by atoms with Crippen molar-refractivity contribution in [2.75, 3.05) is 19.5 Å². The Morgan fingerprint density at radius 3 is 2.48 bits per heavy atom. The largest absolute Gasteiger partial charge is 0.493 e. The minimum absolute atomic E-state index is 0.0538. The lowest BCUT2D eigenvalue weighted by Crippen LogP contribution is -2.15. The van der Waals surface area contributed by atoms with E-state index < -0.39 is 11.9 Å². The minimum atomic E-state index is -1.16. The number of pyridine rings is 1. The second-order valence-corrected chi connectivity index (χ2v) is 6.72. The van der Waals surface area contributed by atoms with Crippen LogP contribution >= 0.6 is 0 Å². The van der Waals surface area contributed by atoms with Crippen molar-refractivity contribution in [3.8, 4) is 11.5 Å². The Labute approximate surface area is 166 Å². The number of nitrogens with one attached hydrogen (secondary N) is 1. The highest BCUT2D eigenvalue weighted by Gasteiger charge is 2.23. The van der Waals surface area contributed by atoms with Crippen LogP contribution in [0.25, 0.3) is 11.1 Å². The topological polar surface area (TPSA) is 124 Å². The number of carbonyl (C=O) groups excluding carboxylic acids is 1. The van der Waals surface area contributed by atoms with Crippen LogP contribution in [-0.4, -0.2) is 41.3 Å². The molecule has 152 valence electrons. The van der Waals surface area contributed by atoms with E-state index in [0.717, 1.165) is 0 Å². The summed E-state index contributed by atoms with van der Waals surface area (Å²) in [6.45, 7) is 5.61. The number of carbonyl (C=O) groups is 2. The monoisotopic (exact) mass is 399 g/mol. The molecule has 0 radical (unpaired) electrons. The number of rotatable bonds is 6. The van der Waals surface area contributed by atoms with Crippen molar-refractivity contribution in [1.82, 2.24) is 10.1 Å². The molecule has 0 saturated carbocycles. The van der Waals surface area contributed by atoms with Crippen molar-refractivity contribution in [3.05, 3.63) is 40.7 Å².